The van der Waals surface area contributed by atoms with Crippen molar-refractivity contribution in [3.8, 4) is 0 Å². The molecule has 170 valence electrons. The lowest BCUT2D eigenvalue weighted by atomic mass is 9.45. The first-order valence-electron chi connectivity index (χ1n) is 10.7. The van der Waals surface area contributed by atoms with Gasteiger partial charge in [0.2, 0.25) is 5.78 Å². The zero-order valence-corrected chi connectivity index (χ0v) is 18.6. The number of allylic oxidation sites excluding steroid dienone is 4. The predicted octanol–water partition coefficient (Wildman–Crippen LogP) is 2.44. The number of hydrogen-bond donors (Lipinski definition) is 2. The van der Waals surface area contributed by atoms with E-state index in [0.29, 0.717) is 6.42 Å². The average Bonchev–Trinajstić information content (AvgIpc) is 2.97. The number of ether oxygens (including phenoxy) is 1. The van der Waals surface area contributed by atoms with Gasteiger partial charge in [0.15, 0.2) is 11.4 Å². The number of aliphatic hydroxyl groups is 2. The second-order valence-electron chi connectivity index (χ2n) is 9.90. The van der Waals surface area contributed by atoms with E-state index in [1.54, 1.807) is 19.9 Å². The molecule has 1 unspecified atom stereocenters. The van der Waals surface area contributed by atoms with Gasteiger partial charge >= 0.3 is 5.97 Å². The summed E-state index contributed by atoms with van der Waals surface area (Å²) in [6.07, 6.45) is 2.27. The molecule has 0 saturated heterocycles. The van der Waals surface area contributed by atoms with E-state index in [-0.39, 0.29) is 36.5 Å². The smallest absolute Gasteiger partial charge is 0.303 e. The maximum Gasteiger partial charge on any atom is 0.303 e. The Hall–Kier alpha value is -1.57. The molecule has 0 aliphatic heterocycles. The molecule has 3 fully saturated rings. The maximum absolute atomic E-state index is 15.4. The Balaban J connectivity index is 1.85. The third kappa shape index (κ3) is 2.66. The van der Waals surface area contributed by atoms with Crippen LogP contribution in [0.25, 0.3) is 0 Å². The molecule has 0 amide bonds. The number of rotatable bonds is 3. The van der Waals surface area contributed by atoms with Crippen molar-refractivity contribution in [2.24, 2.45) is 22.7 Å². The molecular weight excluding hydrogens is 427 g/mol. The minimum atomic E-state index is -1.60. The number of esters is 1. The Labute approximate surface area is 185 Å². The highest BCUT2D eigenvalue weighted by Gasteiger charge is 2.75. The minimum absolute atomic E-state index is 0.00712. The Morgan fingerprint density at radius 3 is 2.61 bits per heavy atom. The fourth-order valence-corrected chi connectivity index (χ4v) is 7.74. The van der Waals surface area contributed by atoms with Crippen LogP contribution in [0.2, 0.25) is 0 Å². The lowest BCUT2D eigenvalue weighted by Crippen LogP contribution is -2.70. The van der Waals surface area contributed by atoms with Gasteiger partial charge in [0.1, 0.15) is 12.8 Å². The van der Waals surface area contributed by atoms with Gasteiger partial charge in [0, 0.05) is 17.8 Å². The van der Waals surface area contributed by atoms with Crippen LogP contribution in [0.4, 0.5) is 4.39 Å². The van der Waals surface area contributed by atoms with Gasteiger partial charge in [-0.1, -0.05) is 19.9 Å². The van der Waals surface area contributed by atoms with E-state index < -0.39 is 57.9 Å². The Kier molecular flexibility index (Phi) is 5.08. The van der Waals surface area contributed by atoms with Crippen molar-refractivity contribution in [3.05, 3.63) is 23.8 Å². The molecule has 0 radical (unpaired) electrons. The molecule has 4 aliphatic carbocycles. The summed E-state index contributed by atoms with van der Waals surface area (Å²) in [5.41, 5.74) is -3.44. The molecular formula is C23H28ClFO6. The predicted molar refractivity (Wildman–Crippen MR) is 110 cm³/mol. The number of carbonyl (C=O) groups excluding carboxylic acids is 3. The topological polar surface area (TPSA) is 101 Å². The van der Waals surface area contributed by atoms with Gasteiger partial charge in [-0.15, -0.1) is 11.6 Å². The lowest BCUT2D eigenvalue weighted by Gasteiger charge is -2.64. The van der Waals surface area contributed by atoms with E-state index >= 15 is 4.39 Å². The van der Waals surface area contributed by atoms with Gasteiger partial charge in [-0.05, 0) is 55.2 Å². The molecule has 8 atom stereocenters. The summed E-state index contributed by atoms with van der Waals surface area (Å²) >= 11 is 7.23. The molecule has 0 aromatic carbocycles. The third-order valence-corrected chi connectivity index (χ3v) is 9.59. The van der Waals surface area contributed by atoms with E-state index in [1.165, 1.54) is 19.1 Å². The number of Topliss-reactive ketones (excluding diaryl/α,β-unsaturated/α-hetero) is 1. The van der Waals surface area contributed by atoms with E-state index in [0.717, 1.165) is 0 Å². The number of aliphatic hydroxyl groups excluding tert-OH is 2. The van der Waals surface area contributed by atoms with Crippen LogP contribution >= 0.6 is 11.6 Å². The van der Waals surface area contributed by atoms with Gasteiger partial charge in [-0.3, -0.25) is 14.4 Å². The van der Waals surface area contributed by atoms with Gasteiger partial charge < -0.3 is 14.9 Å². The number of carbonyl (C=O) groups is 3. The van der Waals surface area contributed by atoms with Gasteiger partial charge in [-0.2, -0.15) is 0 Å². The van der Waals surface area contributed by atoms with Crippen molar-refractivity contribution in [1.82, 2.24) is 0 Å². The average molecular weight is 455 g/mol. The number of ketones is 2. The SMILES string of the molecule is CC(=O)O[C@]1(C(=O)CO)CC[C@H]2[C@@H]3C[C@H](F)C4=CC(=O)C=C[C@]4(C)[C@@]3(Cl)C(O)C[C@@]21C. The summed E-state index contributed by atoms with van der Waals surface area (Å²) in [6, 6.07) is 0. The summed E-state index contributed by atoms with van der Waals surface area (Å²) < 4.78 is 21.0. The van der Waals surface area contributed by atoms with E-state index in [4.69, 9.17) is 16.3 Å². The number of alkyl halides is 2. The van der Waals surface area contributed by atoms with Crippen LogP contribution in [0.5, 0.6) is 0 Å². The zero-order valence-electron chi connectivity index (χ0n) is 17.9. The minimum Gasteiger partial charge on any atom is -0.451 e. The number of hydrogen-bond acceptors (Lipinski definition) is 6. The Morgan fingerprint density at radius 2 is 2.00 bits per heavy atom. The van der Waals surface area contributed by atoms with E-state index in [2.05, 4.69) is 0 Å². The van der Waals surface area contributed by atoms with Crippen LogP contribution in [0, 0.1) is 22.7 Å². The second kappa shape index (κ2) is 6.96. The van der Waals surface area contributed by atoms with Crippen LogP contribution in [0.15, 0.2) is 23.8 Å². The quantitative estimate of drug-likeness (QED) is 0.501. The van der Waals surface area contributed by atoms with Crippen LogP contribution < -0.4 is 0 Å². The van der Waals surface area contributed by atoms with E-state index in [9.17, 15) is 24.6 Å². The molecule has 0 heterocycles. The molecule has 0 aromatic rings. The van der Waals surface area contributed by atoms with Crippen molar-refractivity contribution in [2.45, 2.75) is 69.2 Å². The fraction of sp³-hybridized carbons (Fsp3) is 0.696. The Bertz CT molecular complexity index is 916. The standard InChI is InChI=1S/C23H28ClFO6/c1-12(27)31-22(19(30)11-26)7-5-14-15-9-17(25)16-8-13(28)4-6-20(16,2)23(15,24)18(29)10-21(14,22)3/h4,6,8,14-15,17-18,26,29H,5,7,9-11H2,1-3H3/t14-,15-,17-,18?,20-,21-,22-,23-/m0/s1. The highest BCUT2D eigenvalue weighted by molar-refractivity contribution is 6.26. The number of halogens is 2. The van der Waals surface area contributed by atoms with Crippen molar-refractivity contribution in [3.63, 3.8) is 0 Å². The van der Waals surface area contributed by atoms with Crippen LogP contribution in [0.1, 0.15) is 46.5 Å². The fourth-order valence-electron chi connectivity index (χ4n) is 7.25. The van der Waals surface area contributed by atoms with Crippen molar-refractivity contribution in [1.29, 1.82) is 0 Å². The summed E-state index contributed by atoms with van der Waals surface area (Å²) in [4.78, 5) is 35.5. The Morgan fingerprint density at radius 1 is 1.32 bits per heavy atom. The van der Waals surface area contributed by atoms with Crippen LogP contribution in [-0.4, -0.2) is 57.1 Å². The second-order valence-corrected chi connectivity index (χ2v) is 10.5. The maximum atomic E-state index is 15.4. The monoisotopic (exact) mass is 454 g/mol. The van der Waals surface area contributed by atoms with Crippen molar-refractivity contribution in [2.75, 3.05) is 6.61 Å². The van der Waals surface area contributed by atoms with Crippen LogP contribution in [-0.2, 0) is 19.1 Å². The highest BCUT2D eigenvalue weighted by Crippen LogP contribution is 2.71. The third-order valence-electron chi connectivity index (χ3n) is 8.66. The summed E-state index contributed by atoms with van der Waals surface area (Å²) in [5.74, 6) is -2.46. The lowest BCUT2D eigenvalue weighted by molar-refractivity contribution is -0.197. The molecule has 8 heteroatoms. The van der Waals surface area contributed by atoms with Gasteiger partial charge in [0.25, 0.3) is 0 Å². The first kappa shape index (κ1) is 22.6. The first-order valence-corrected chi connectivity index (χ1v) is 11.0. The van der Waals surface area contributed by atoms with Crippen molar-refractivity contribution < 1.29 is 33.7 Å². The van der Waals surface area contributed by atoms with Crippen LogP contribution in [0.3, 0.4) is 0 Å². The molecule has 0 spiro atoms. The summed E-state index contributed by atoms with van der Waals surface area (Å²) in [5, 5.41) is 21.1. The normalized spacial score (nSPS) is 48.4. The molecule has 3 saturated carbocycles. The summed E-state index contributed by atoms with van der Waals surface area (Å²) in [6.45, 7) is 3.91. The van der Waals surface area contributed by atoms with Crippen molar-refractivity contribution >= 4 is 29.1 Å². The van der Waals surface area contributed by atoms with E-state index in [1.807, 2.05) is 0 Å². The molecule has 0 bridgehead atoms. The van der Waals surface area contributed by atoms with Gasteiger partial charge in [0.05, 0.1) is 11.0 Å². The first-order chi connectivity index (χ1) is 14.4. The zero-order chi connectivity index (χ0) is 23.0. The molecule has 0 aromatic heterocycles. The molecule has 6 nitrogen and oxygen atoms in total. The summed E-state index contributed by atoms with van der Waals surface area (Å²) in [7, 11) is 0. The molecule has 4 aliphatic rings. The largest absolute Gasteiger partial charge is 0.451 e. The molecule has 4 rings (SSSR count). The van der Waals surface area contributed by atoms with Gasteiger partial charge in [-0.25, -0.2) is 4.39 Å². The molecule has 31 heavy (non-hydrogen) atoms. The molecule has 2 N–H and O–H groups in total. The number of fused-ring (bicyclic) bond motifs is 5. The highest BCUT2D eigenvalue weighted by atomic mass is 35.5.